The van der Waals surface area contributed by atoms with Crippen LogP contribution < -0.4 is 5.32 Å². The van der Waals surface area contributed by atoms with E-state index in [0.717, 1.165) is 24.1 Å². The Morgan fingerprint density at radius 2 is 2.05 bits per heavy atom. The number of carboxylic acid groups (broad SMARTS) is 1. The maximum Gasteiger partial charge on any atom is 0.326 e. The Kier molecular flexibility index (Phi) is 3.60. The van der Waals surface area contributed by atoms with Gasteiger partial charge in [0, 0.05) is 23.7 Å². The van der Waals surface area contributed by atoms with Crippen molar-refractivity contribution in [3.63, 3.8) is 0 Å². The van der Waals surface area contributed by atoms with E-state index in [1.165, 1.54) is 11.8 Å². The molecule has 0 saturated heterocycles. The maximum absolute atomic E-state index is 12.7. The molecule has 1 atom stereocenters. The molecule has 0 spiro atoms. The molecule has 22 heavy (non-hydrogen) atoms. The second kappa shape index (κ2) is 5.44. The van der Waals surface area contributed by atoms with Crippen LogP contribution in [0, 0.1) is 0 Å². The number of carbonyl (C=O) groups is 3. The van der Waals surface area contributed by atoms with Crippen molar-refractivity contribution in [2.75, 3.05) is 5.32 Å². The summed E-state index contributed by atoms with van der Waals surface area (Å²) in [7, 11) is 0. The first-order chi connectivity index (χ1) is 10.5. The molecule has 2 amide bonds. The minimum Gasteiger partial charge on any atom is -0.480 e. The SMILES string of the molecule is CC(C(=O)O)N(C(=O)c1ccc2c(c1)CCC(=O)N2)C1CC1. The molecule has 6 heteroatoms. The Morgan fingerprint density at radius 1 is 1.32 bits per heavy atom. The van der Waals surface area contributed by atoms with Gasteiger partial charge in [0.05, 0.1) is 0 Å². The van der Waals surface area contributed by atoms with Crippen LogP contribution in [0.5, 0.6) is 0 Å². The third-order valence-electron chi connectivity index (χ3n) is 4.20. The fraction of sp³-hybridized carbons (Fsp3) is 0.438. The lowest BCUT2D eigenvalue weighted by Gasteiger charge is -2.27. The van der Waals surface area contributed by atoms with Gasteiger partial charge >= 0.3 is 5.97 Å². The number of aryl methyl sites for hydroxylation is 1. The summed E-state index contributed by atoms with van der Waals surface area (Å²) in [6.07, 6.45) is 2.71. The Morgan fingerprint density at radius 3 is 2.68 bits per heavy atom. The summed E-state index contributed by atoms with van der Waals surface area (Å²) in [5, 5.41) is 12.0. The fourth-order valence-corrected chi connectivity index (χ4v) is 2.80. The third-order valence-corrected chi connectivity index (χ3v) is 4.20. The summed E-state index contributed by atoms with van der Waals surface area (Å²) in [5.74, 6) is -1.27. The van der Waals surface area contributed by atoms with Crippen LogP contribution in [0.4, 0.5) is 5.69 Å². The van der Waals surface area contributed by atoms with Crippen molar-refractivity contribution >= 4 is 23.5 Å². The van der Waals surface area contributed by atoms with Crippen LogP contribution in [0.25, 0.3) is 0 Å². The lowest BCUT2D eigenvalue weighted by atomic mass is 9.99. The van der Waals surface area contributed by atoms with Crippen LogP contribution in [0.2, 0.25) is 0 Å². The predicted octanol–water partition coefficient (Wildman–Crippen LogP) is 1.65. The molecular weight excluding hydrogens is 284 g/mol. The number of hydrogen-bond acceptors (Lipinski definition) is 3. The Bertz CT molecular complexity index is 652. The standard InChI is InChI=1S/C16H18N2O4/c1-9(16(21)22)18(12-4-5-12)15(20)11-2-6-13-10(8-11)3-7-14(19)17-13/h2,6,8-9,12H,3-5,7H2,1H3,(H,17,19)(H,21,22). The summed E-state index contributed by atoms with van der Waals surface area (Å²) >= 11 is 0. The largest absolute Gasteiger partial charge is 0.480 e. The van der Waals surface area contributed by atoms with Gasteiger partial charge in [0.2, 0.25) is 5.91 Å². The van der Waals surface area contributed by atoms with Crippen LogP contribution in [0.1, 0.15) is 42.1 Å². The molecule has 2 aliphatic rings. The molecule has 1 fully saturated rings. The highest BCUT2D eigenvalue weighted by molar-refractivity contribution is 5.99. The topological polar surface area (TPSA) is 86.7 Å². The van der Waals surface area contributed by atoms with E-state index >= 15 is 0 Å². The molecule has 1 aromatic carbocycles. The molecule has 116 valence electrons. The molecule has 0 aromatic heterocycles. The molecule has 6 nitrogen and oxygen atoms in total. The average Bonchev–Trinajstić information content (AvgIpc) is 3.31. The number of benzene rings is 1. The highest BCUT2D eigenvalue weighted by Crippen LogP contribution is 2.31. The maximum atomic E-state index is 12.7. The van der Waals surface area contributed by atoms with Crippen molar-refractivity contribution in [3.05, 3.63) is 29.3 Å². The normalized spacial score (nSPS) is 18.1. The van der Waals surface area contributed by atoms with E-state index in [2.05, 4.69) is 5.32 Å². The molecule has 0 radical (unpaired) electrons. The second-order valence-electron chi connectivity index (χ2n) is 5.88. The van der Waals surface area contributed by atoms with Crippen LogP contribution in [-0.4, -0.2) is 39.9 Å². The van der Waals surface area contributed by atoms with Gasteiger partial charge in [-0.3, -0.25) is 9.59 Å². The number of nitrogens with one attached hydrogen (secondary N) is 1. The summed E-state index contributed by atoms with van der Waals surface area (Å²) in [4.78, 5) is 36.8. The molecule has 1 unspecified atom stereocenters. The number of hydrogen-bond donors (Lipinski definition) is 2. The van der Waals surface area contributed by atoms with E-state index in [4.69, 9.17) is 0 Å². The molecule has 1 heterocycles. The first-order valence-corrected chi connectivity index (χ1v) is 7.45. The number of aliphatic carboxylic acids is 1. The van der Waals surface area contributed by atoms with Crippen LogP contribution in [0.15, 0.2) is 18.2 Å². The van der Waals surface area contributed by atoms with Crippen molar-refractivity contribution in [3.8, 4) is 0 Å². The van der Waals surface area contributed by atoms with Crippen molar-refractivity contribution in [1.29, 1.82) is 0 Å². The molecule has 0 bridgehead atoms. The van der Waals surface area contributed by atoms with Crippen LogP contribution in [0.3, 0.4) is 0 Å². The Hall–Kier alpha value is -2.37. The summed E-state index contributed by atoms with van der Waals surface area (Å²) in [6, 6.07) is 4.32. The lowest BCUT2D eigenvalue weighted by Crippen LogP contribution is -2.44. The molecule has 1 aromatic rings. The Balaban J connectivity index is 1.87. The van der Waals surface area contributed by atoms with Gasteiger partial charge in [-0.25, -0.2) is 4.79 Å². The number of carbonyl (C=O) groups excluding carboxylic acids is 2. The molecule has 1 saturated carbocycles. The van der Waals surface area contributed by atoms with Crippen LogP contribution >= 0.6 is 0 Å². The number of rotatable bonds is 4. The van der Waals surface area contributed by atoms with E-state index in [0.29, 0.717) is 18.4 Å². The lowest BCUT2D eigenvalue weighted by molar-refractivity contribution is -0.141. The van der Waals surface area contributed by atoms with Crippen molar-refractivity contribution in [1.82, 2.24) is 4.90 Å². The van der Waals surface area contributed by atoms with Gasteiger partial charge in [0.1, 0.15) is 6.04 Å². The van der Waals surface area contributed by atoms with Gasteiger partial charge in [-0.1, -0.05) is 0 Å². The zero-order chi connectivity index (χ0) is 15.9. The Labute approximate surface area is 128 Å². The van der Waals surface area contributed by atoms with Gasteiger partial charge < -0.3 is 15.3 Å². The van der Waals surface area contributed by atoms with Crippen molar-refractivity contribution < 1.29 is 19.5 Å². The van der Waals surface area contributed by atoms with E-state index in [1.54, 1.807) is 18.2 Å². The van der Waals surface area contributed by atoms with E-state index < -0.39 is 12.0 Å². The first-order valence-electron chi connectivity index (χ1n) is 7.45. The van der Waals surface area contributed by atoms with Crippen molar-refractivity contribution in [2.45, 2.75) is 44.7 Å². The van der Waals surface area contributed by atoms with E-state index in [9.17, 15) is 19.5 Å². The van der Waals surface area contributed by atoms with Gasteiger partial charge in [0.15, 0.2) is 0 Å². The number of carboxylic acids is 1. The third kappa shape index (κ3) is 2.68. The molecule has 2 N–H and O–H groups in total. The zero-order valence-corrected chi connectivity index (χ0v) is 12.3. The number of nitrogens with zero attached hydrogens (tertiary/aromatic N) is 1. The average molecular weight is 302 g/mol. The summed E-state index contributed by atoms with van der Waals surface area (Å²) in [6.45, 7) is 1.54. The van der Waals surface area contributed by atoms with Crippen molar-refractivity contribution in [2.24, 2.45) is 0 Å². The predicted molar refractivity (Wildman–Crippen MR) is 79.7 cm³/mol. The van der Waals surface area contributed by atoms with E-state index in [-0.39, 0.29) is 17.9 Å². The first kappa shape index (κ1) is 14.6. The van der Waals surface area contributed by atoms with Crippen LogP contribution in [-0.2, 0) is 16.0 Å². The van der Waals surface area contributed by atoms with Gasteiger partial charge in [0.25, 0.3) is 5.91 Å². The number of amides is 2. The molecule has 3 rings (SSSR count). The minimum absolute atomic E-state index is 0.0225. The highest BCUT2D eigenvalue weighted by Gasteiger charge is 2.38. The fourth-order valence-electron chi connectivity index (χ4n) is 2.80. The second-order valence-corrected chi connectivity index (χ2v) is 5.88. The zero-order valence-electron chi connectivity index (χ0n) is 12.3. The quantitative estimate of drug-likeness (QED) is 0.885. The molecular formula is C16H18N2O4. The van der Waals surface area contributed by atoms with Gasteiger partial charge in [-0.05, 0) is 49.9 Å². The highest BCUT2D eigenvalue weighted by atomic mass is 16.4. The monoisotopic (exact) mass is 302 g/mol. The number of anilines is 1. The smallest absolute Gasteiger partial charge is 0.326 e. The molecule has 1 aliphatic heterocycles. The summed E-state index contributed by atoms with van der Waals surface area (Å²) in [5.41, 5.74) is 2.14. The summed E-state index contributed by atoms with van der Waals surface area (Å²) < 4.78 is 0. The van der Waals surface area contributed by atoms with Gasteiger partial charge in [-0.2, -0.15) is 0 Å². The van der Waals surface area contributed by atoms with Gasteiger partial charge in [-0.15, -0.1) is 0 Å². The molecule has 1 aliphatic carbocycles. The number of fused-ring (bicyclic) bond motifs is 1. The minimum atomic E-state index is -0.995. The van der Waals surface area contributed by atoms with E-state index in [1.807, 2.05) is 0 Å².